The Morgan fingerprint density at radius 2 is 2.10 bits per heavy atom. The summed E-state index contributed by atoms with van der Waals surface area (Å²) in [5.74, 6) is 0.916. The fourth-order valence-corrected chi connectivity index (χ4v) is 2.65. The Hall–Kier alpha value is -1.55. The highest BCUT2D eigenvalue weighted by atomic mass is 32.1. The number of nitrogens with zero attached hydrogens (tertiary/aromatic N) is 1. The molecule has 0 amide bonds. The molecule has 1 N–H and O–H groups in total. The fourth-order valence-electron chi connectivity index (χ4n) is 1.89. The Labute approximate surface area is 131 Å². The standard InChI is InChI=1S/C17H24N2OS/c1-5-9-18-16-19-11-15(21-16)12-20-14-8-6-7-13(10-14)17(2,3)4/h6-8,10-11H,5,9,12H2,1-4H3,(H,18,19). The van der Waals surface area contributed by atoms with Gasteiger partial charge in [0.05, 0.1) is 4.88 Å². The van der Waals surface area contributed by atoms with Gasteiger partial charge < -0.3 is 10.1 Å². The average Bonchev–Trinajstić information content (AvgIpc) is 2.90. The van der Waals surface area contributed by atoms with E-state index in [0.717, 1.165) is 28.7 Å². The Morgan fingerprint density at radius 1 is 1.29 bits per heavy atom. The third kappa shape index (κ3) is 4.74. The van der Waals surface area contributed by atoms with Crippen molar-refractivity contribution < 1.29 is 4.74 Å². The van der Waals surface area contributed by atoms with Crippen LogP contribution in [0.15, 0.2) is 30.5 Å². The van der Waals surface area contributed by atoms with Crippen molar-refractivity contribution in [2.75, 3.05) is 11.9 Å². The summed E-state index contributed by atoms with van der Waals surface area (Å²) in [6, 6.07) is 8.33. The number of ether oxygens (including phenoxy) is 1. The zero-order chi connectivity index (χ0) is 15.3. The highest BCUT2D eigenvalue weighted by Gasteiger charge is 2.14. The van der Waals surface area contributed by atoms with Crippen LogP contribution >= 0.6 is 11.3 Å². The predicted octanol–water partition coefficient (Wildman–Crippen LogP) is 4.84. The van der Waals surface area contributed by atoms with Gasteiger partial charge in [0.1, 0.15) is 12.4 Å². The quantitative estimate of drug-likeness (QED) is 0.829. The van der Waals surface area contributed by atoms with Crippen LogP contribution in [0.1, 0.15) is 44.6 Å². The van der Waals surface area contributed by atoms with Crippen molar-refractivity contribution in [1.82, 2.24) is 4.98 Å². The molecule has 0 saturated carbocycles. The summed E-state index contributed by atoms with van der Waals surface area (Å²) in [7, 11) is 0. The molecule has 0 atom stereocenters. The van der Waals surface area contributed by atoms with Crippen LogP contribution in [0.25, 0.3) is 0 Å². The van der Waals surface area contributed by atoms with E-state index in [0.29, 0.717) is 6.61 Å². The Bertz CT molecular complexity index is 572. The molecule has 0 saturated heterocycles. The molecule has 0 aliphatic rings. The van der Waals surface area contributed by atoms with Gasteiger partial charge in [-0.25, -0.2) is 4.98 Å². The third-order valence-electron chi connectivity index (χ3n) is 3.16. The van der Waals surface area contributed by atoms with E-state index in [4.69, 9.17) is 4.74 Å². The van der Waals surface area contributed by atoms with Crippen molar-refractivity contribution in [1.29, 1.82) is 0 Å². The zero-order valence-corrected chi connectivity index (χ0v) is 14.1. The number of aromatic nitrogens is 1. The number of rotatable bonds is 6. The molecular formula is C17H24N2OS. The number of benzene rings is 1. The third-order valence-corrected chi connectivity index (χ3v) is 4.09. The predicted molar refractivity (Wildman–Crippen MR) is 90.4 cm³/mol. The molecule has 114 valence electrons. The van der Waals surface area contributed by atoms with Gasteiger partial charge in [-0.05, 0) is 29.5 Å². The van der Waals surface area contributed by atoms with Crippen LogP contribution in [-0.4, -0.2) is 11.5 Å². The summed E-state index contributed by atoms with van der Waals surface area (Å²) < 4.78 is 5.89. The van der Waals surface area contributed by atoms with Crippen molar-refractivity contribution in [2.45, 2.75) is 46.1 Å². The topological polar surface area (TPSA) is 34.2 Å². The Morgan fingerprint density at radius 3 is 2.81 bits per heavy atom. The van der Waals surface area contributed by atoms with Gasteiger partial charge >= 0.3 is 0 Å². The van der Waals surface area contributed by atoms with Crippen molar-refractivity contribution in [3.63, 3.8) is 0 Å². The molecule has 0 aliphatic heterocycles. The molecule has 0 radical (unpaired) electrons. The lowest BCUT2D eigenvalue weighted by Crippen LogP contribution is -2.10. The molecule has 1 aromatic heterocycles. The summed E-state index contributed by atoms with van der Waals surface area (Å²) in [5, 5.41) is 4.26. The van der Waals surface area contributed by atoms with Crippen LogP contribution < -0.4 is 10.1 Å². The number of hydrogen-bond acceptors (Lipinski definition) is 4. The monoisotopic (exact) mass is 304 g/mol. The number of thiazole rings is 1. The molecule has 0 unspecified atom stereocenters. The zero-order valence-electron chi connectivity index (χ0n) is 13.3. The Kier molecular flexibility index (Phi) is 5.23. The van der Waals surface area contributed by atoms with E-state index in [9.17, 15) is 0 Å². The van der Waals surface area contributed by atoms with Gasteiger partial charge in [0, 0.05) is 12.7 Å². The molecule has 2 aromatic rings. The van der Waals surface area contributed by atoms with Crippen LogP contribution in [0.4, 0.5) is 5.13 Å². The normalized spacial score (nSPS) is 11.4. The van der Waals surface area contributed by atoms with E-state index in [1.54, 1.807) is 11.3 Å². The SMILES string of the molecule is CCCNc1ncc(COc2cccc(C(C)(C)C)c2)s1. The fraction of sp³-hybridized carbons (Fsp3) is 0.471. The van der Waals surface area contributed by atoms with Crippen molar-refractivity contribution in [2.24, 2.45) is 0 Å². The molecule has 4 heteroatoms. The van der Waals surface area contributed by atoms with E-state index in [1.165, 1.54) is 5.56 Å². The summed E-state index contributed by atoms with van der Waals surface area (Å²) >= 11 is 1.65. The smallest absolute Gasteiger partial charge is 0.182 e. The van der Waals surface area contributed by atoms with Crippen molar-refractivity contribution in [3.05, 3.63) is 40.9 Å². The first kappa shape index (κ1) is 15.8. The molecular weight excluding hydrogens is 280 g/mol. The first-order chi connectivity index (χ1) is 9.99. The molecule has 0 spiro atoms. The van der Waals surface area contributed by atoms with Crippen LogP contribution in [0.5, 0.6) is 5.75 Å². The lowest BCUT2D eigenvalue weighted by Gasteiger charge is -2.19. The molecule has 3 nitrogen and oxygen atoms in total. The first-order valence-corrected chi connectivity index (χ1v) is 8.22. The van der Waals surface area contributed by atoms with Gasteiger partial charge in [-0.2, -0.15) is 0 Å². The number of hydrogen-bond donors (Lipinski definition) is 1. The molecule has 21 heavy (non-hydrogen) atoms. The Balaban J connectivity index is 1.95. The highest BCUT2D eigenvalue weighted by Crippen LogP contribution is 2.26. The van der Waals surface area contributed by atoms with Crippen LogP contribution in [0.2, 0.25) is 0 Å². The van der Waals surface area contributed by atoms with Crippen molar-refractivity contribution in [3.8, 4) is 5.75 Å². The minimum atomic E-state index is 0.140. The first-order valence-electron chi connectivity index (χ1n) is 7.41. The minimum absolute atomic E-state index is 0.140. The second kappa shape index (κ2) is 6.94. The summed E-state index contributed by atoms with van der Waals surface area (Å²) in [6.07, 6.45) is 2.99. The second-order valence-corrected chi connectivity index (χ2v) is 7.24. The lowest BCUT2D eigenvalue weighted by molar-refractivity contribution is 0.308. The van der Waals surface area contributed by atoms with E-state index < -0.39 is 0 Å². The average molecular weight is 304 g/mol. The molecule has 2 rings (SSSR count). The number of anilines is 1. The van der Waals surface area contributed by atoms with Gasteiger partial charge in [0.25, 0.3) is 0 Å². The van der Waals surface area contributed by atoms with Crippen LogP contribution in [0, 0.1) is 0 Å². The molecule has 0 fully saturated rings. The maximum absolute atomic E-state index is 5.89. The van der Waals surface area contributed by atoms with Gasteiger partial charge in [-0.3, -0.25) is 0 Å². The maximum Gasteiger partial charge on any atom is 0.182 e. The van der Waals surface area contributed by atoms with Crippen LogP contribution in [-0.2, 0) is 12.0 Å². The maximum atomic E-state index is 5.89. The number of nitrogens with one attached hydrogen (secondary N) is 1. The van der Waals surface area contributed by atoms with Gasteiger partial charge in [-0.15, -0.1) is 0 Å². The minimum Gasteiger partial charge on any atom is -0.488 e. The lowest BCUT2D eigenvalue weighted by atomic mass is 9.87. The summed E-state index contributed by atoms with van der Waals surface area (Å²) in [4.78, 5) is 5.48. The van der Waals surface area contributed by atoms with Gasteiger partial charge in [-0.1, -0.05) is 51.2 Å². The van der Waals surface area contributed by atoms with E-state index in [2.05, 4.69) is 56.2 Å². The van der Waals surface area contributed by atoms with Crippen LogP contribution in [0.3, 0.4) is 0 Å². The van der Waals surface area contributed by atoms with Gasteiger partial charge in [0.2, 0.25) is 0 Å². The van der Waals surface area contributed by atoms with E-state index in [1.807, 2.05) is 12.3 Å². The largest absolute Gasteiger partial charge is 0.488 e. The van der Waals surface area contributed by atoms with Gasteiger partial charge in [0.15, 0.2) is 5.13 Å². The second-order valence-electron chi connectivity index (χ2n) is 6.13. The summed E-state index contributed by atoms with van der Waals surface area (Å²) in [6.45, 7) is 10.3. The molecule has 0 aliphatic carbocycles. The summed E-state index contributed by atoms with van der Waals surface area (Å²) in [5.41, 5.74) is 1.43. The van der Waals surface area contributed by atoms with E-state index in [-0.39, 0.29) is 5.41 Å². The molecule has 0 bridgehead atoms. The molecule has 1 aromatic carbocycles. The van der Waals surface area contributed by atoms with Crippen molar-refractivity contribution >= 4 is 16.5 Å². The highest BCUT2D eigenvalue weighted by molar-refractivity contribution is 7.15. The molecule has 1 heterocycles. The van der Waals surface area contributed by atoms with E-state index >= 15 is 0 Å².